The second-order valence-corrected chi connectivity index (χ2v) is 5.37. The van der Waals surface area contributed by atoms with Gasteiger partial charge in [0.15, 0.2) is 0 Å². The summed E-state index contributed by atoms with van der Waals surface area (Å²) in [5, 5.41) is 2.91. The van der Waals surface area contributed by atoms with Crippen molar-refractivity contribution in [2.75, 3.05) is 16.8 Å². The summed E-state index contributed by atoms with van der Waals surface area (Å²) >= 11 is 0. The van der Waals surface area contributed by atoms with E-state index in [1.165, 1.54) is 0 Å². The molecule has 4 heteroatoms. The lowest BCUT2D eigenvalue weighted by Gasteiger charge is -2.16. The monoisotopic (exact) mass is 274 g/mol. The fourth-order valence-electron chi connectivity index (χ4n) is 2.48. The van der Waals surface area contributed by atoms with Crippen LogP contribution in [0.1, 0.15) is 39.5 Å². The molecule has 0 aromatic heterocycles. The zero-order valence-electron chi connectivity index (χ0n) is 12.2. The van der Waals surface area contributed by atoms with Crippen LogP contribution in [0.4, 0.5) is 11.4 Å². The third-order valence-electron chi connectivity index (χ3n) is 3.69. The van der Waals surface area contributed by atoms with Crippen LogP contribution in [0.3, 0.4) is 0 Å². The van der Waals surface area contributed by atoms with Gasteiger partial charge in [0, 0.05) is 30.3 Å². The lowest BCUT2D eigenvalue weighted by Crippen LogP contribution is -2.23. The molecule has 1 atom stereocenters. The van der Waals surface area contributed by atoms with Crippen LogP contribution in [-0.2, 0) is 9.59 Å². The highest BCUT2D eigenvalue weighted by atomic mass is 16.2. The quantitative estimate of drug-likeness (QED) is 0.896. The molecule has 1 N–H and O–H groups in total. The number of nitrogens with zero attached hydrogens (tertiary/aromatic N) is 1. The van der Waals surface area contributed by atoms with Gasteiger partial charge in [0.1, 0.15) is 0 Å². The lowest BCUT2D eigenvalue weighted by molar-refractivity contribution is -0.119. The number of amides is 2. The minimum atomic E-state index is 0.0276. The number of nitrogens with one attached hydrogen (secondary N) is 1. The van der Waals surface area contributed by atoms with Crippen molar-refractivity contribution in [3.05, 3.63) is 24.3 Å². The summed E-state index contributed by atoms with van der Waals surface area (Å²) in [5.41, 5.74) is 1.69. The molecule has 1 fully saturated rings. The fourth-order valence-corrected chi connectivity index (χ4v) is 2.48. The van der Waals surface area contributed by atoms with E-state index in [0.29, 0.717) is 6.42 Å². The number of hydrogen-bond donors (Lipinski definition) is 1. The molecule has 1 saturated heterocycles. The summed E-state index contributed by atoms with van der Waals surface area (Å²) < 4.78 is 0. The molecule has 1 aromatic rings. The molecule has 0 saturated carbocycles. The first-order valence-corrected chi connectivity index (χ1v) is 7.33. The molecular weight excluding hydrogens is 252 g/mol. The maximum atomic E-state index is 11.9. The van der Waals surface area contributed by atoms with Crippen molar-refractivity contribution in [3.8, 4) is 0 Å². The Hall–Kier alpha value is -1.84. The normalized spacial score (nSPS) is 16.3. The van der Waals surface area contributed by atoms with Crippen molar-refractivity contribution in [1.29, 1.82) is 0 Å². The average Bonchev–Trinajstić information content (AvgIpc) is 2.86. The van der Waals surface area contributed by atoms with Crippen molar-refractivity contribution in [2.45, 2.75) is 39.5 Å². The smallest absolute Gasteiger partial charge is 0.227 e. The average molecular weight is 274 g/mol. The fraction of sp³-hybridized carbons (Fsp3) is 0.500. The van der Waals surface area contributed by atoms with Gasteiger partial charge in [-0.2, -0.15) is 0 Å². The highest BCUT2D eigenvalue weighted by molar-refractivity contribution is 5.96. The first kappa shape index (κ1) is 14.6. The van der Waals surface area contributed by atoms with E-state index < -0.39 is 0 Å². The molecule has 1 aromatic carbocycles. The van der Waals surface area contributed by atoms with Gasteiger partial charge in [0.2, 0.25) is 11.8 Å². The van der Waals surface area contributed by atoms with Gasteiger partial charge in [-0.3, -0.25) is 9.59 Å². The Morgan fingerprint density at radius 1 is 1.35 bits per heavy atom. The summed E-state index contributed by atoms with van der Waals surface area (Å²) in [6.45, 7) is 4.81. The molecule has 0 bridgehead atoms. The van der Waals surface area contributed by atoms with E-state index in [0.717, 1.165) is 37.2 Å². The molecule has 1 aliphatic heterocycles. The zero-order chi connectivity index (χ0) is 14.5. The van der Waals surface area contributed by atoms with Gasteiger partial charge in [0.25, 0.3) is 0 Å². The van der Waals surface area contributed by atoms with E-state index >= 15 is 0 Å². The number of rotatable bonds is 5. The molecule has 0 radical (unpaired) electrons. The number of anilines is 2. The molecule has 2 amide bonds. The molecule has 0 aliphatic carbocycles. The van der Waals surface area contributed by atoms with E-state index in [9.17, 15) is 9.59 Å². The van der Waals surface area contributed by atoms with E-state index in [1.54, 1.807) is 4.90 Å². The van der Waals surface area contributed by atoms with Crippen molar-refractivity contribution >= 4 is 23.2 Å². The minimum absolute atomic E-state index is 0.0276. The highest BCUT2D eigenvalue weighted by Crippen LogP contribution is 2.23. The predicted molar refractivity (Wildman–Crippen MR) is 80.7 cm³/mol. The standard InChI is InChI=1S/C16H22N2O2/c1-3-5-12(2)16(20)17-13-7-9-14(10-8-13)18-11-4-6-15(18)19/h7-10,12H,3-6,11H2,1-2H3,(H,17,20). The third-order valence-corrected chi connectivity index (χ3v) is 3.69. The largest absolute Gasteiger partial charge is 0.326 e. The maximum Gasteiger partial charge on any atom is 0.227 e. The summed E-state index contributed by atoms with van der Waals surface area (Å²) in [6, 6.07) is 7.50. The van der Waals surface area contributed by atoms with Crippen LogP contribution in [0.5, 0.6) is 0 Å². The summed E-state index contributed by atoms with van der Waals surface area (Å²) in [7, 11) is 0. The van der Waals surface area contributed by atoms with Crippen LogP contribution in [0.15, 0.2) is 24.3 Å². The van der Waals surface area contributed by atoms with Crippen LogP contribution in [0, 0.1) is 5.92 Å². The van der Waals surface area contributed by atoms with E-state index in [-0.39, 0.29) is 17.7 Å². The molecule has 1 heterocycles. The van der Waals surface area contributed by atoms with E-state index in [4.69, 9.17) is 0 Å². The Kier molecular flexibility index (Phi) is 4.77. The first-order valence-electron chi connectivity index (χ1n) is 7.33. The molecule has 2 rings (SSSR count). The van der Waals surface area contributed by atoms with Gasteiger partial charge >= 0.3 is 0 Å². The van der Waals surface area contributed by atoms with Crippen LogP contribution in [0.25, 0.3) is 0 Å². The Labute approximate surface area is 120 Å². The second kappa shape index (κ2) is 6.55. The third kappa shape index (κ3) is 3.38. The Bertz CT molecular complexity index is 482. The molecule has 4 nitrogen and oxygen atoms in total. The lowest BCUT2D eigenvalue weighted by atomic mass is 10.1. The van der Waals surface area contributed by atoms with Gasteiger partial charge in [-0.05, 0) is 37.1 Å². The maximum absolute atomic E-state index is 11.9. The highest BCUT2D eigenvalue weighted by Gasteiger charge is 2.21. The molecule has 108 valence electrons. The predicted octanol–water partition coefficient (Wildman–Crippen LogP) is 3.19. The second-order valence-electron chi connectivity index (χ2n) is 5.37. The van der Waals surface area contributed by atoms with Crippen molar-refractivity contribution in [1.82, 2.24) is 0 Å². The molecule has 1 unspecified atom stereocenters. The SMILES string of the molecule is CCCC(C)C(=O)Nc1ccc(N2CCCC2=O)cc1. The van der Waals surface area contributed by atoms with Gasteiger partial charge in [-0.15, -0.1) is 0 Å². The van der Waals surface area contributed by atoms with Crippen molar-refractivity contribution in [2.24, 2.45) is 5.92 Å². The molecule has 0 spiro atoms. The Morgan fingerprint density at radius 3 is 2.60 bits per heavy atom. The van der Waals surface area contributed by atoms with Crippen molar-refractivity contribution < 1.29 is 9.59 Å². The summed E-state index contributed by atoms with van der Waals surface area (Å²) in [5.74, 6) is 0.259. The Morgan fingerprint density at radius 2 is 2.05 bits per heavy atom. The van der Waals surface area contributed by atoms with Gasteiger partial charge in [-0.1, -0.05) is 20.3 Å². The van der Waals surface area contributed by atoms with E-state index in [2.05, 4.69) is 12.2 Å². The molecular formula is C16H22N2O2. The van der Waals surface area contributed by atoms with Gasteiger partial charge < -0.3 is 10.2 Å². The number of carbonyl (C=O) groups is 2. The number of hydrogen-bond acceptors (Lipinski definition) is 2. The topological polar surface area (TPSA) is 49.4 Å². The summed E-state index contributed by atoms with van der Waals surface area (Å²) in [4.78, 5) is 25.4. The van der Waals surface area contributed by atoms with E-state index in [1.807, 2.05) is 31.2 Å². The van der Waals surface area contributed by atoms with Crippen molar-refractivity contribution in [3.63, 3.8) is 0 Å². The molecule has 20 heavy (non-hydrogen) atoms. The molecule has 1 aliphatic rings. The van der Waals surface area contributed by atoms with Gasteiger partial charge in [0.05, 0.1) is 0 Å². The van der Waals surface area contributed by atoms with Gasteiger partial charge in [-0.25, -0.2) is 0 Å². The minimum Gasteiger partial charge on any atom is -0.326 e. The number of benzene rings is 1. The first-order chi connectivity index (χ1) is 9.61. The Balaban J connectivity index is 1.98. The summed E-state index contributed by atoms with van der Waals surface area (Å²) in [6.07, 6.45) is 3.45. The zero-order valence-corrected chi connectivity index (χ0v) is 12.2. The van der Waals surface area contributed by atoms with Crippen LogP contribution in [0.2, 0.25) is 0 Å². The van der Waals surface area contributed by atoms with Crippen LogP contribution in [-0.4, -0.2) is 18.4 Å². The number of carbonyl (C=O) groups excluding carboxylic acids is 2. The van der Waals surface area contributed by atoms with Crippen LogP contribution >= 0.6 is 0 Å². The van der Waals surface area contributed by atoms with Crippen LogP contribution < -0.4 is 10.2 Å².